The molecule has 0 saturated carbocycles. The van der Waals surface area contributed by atoms with Gasteiger partial charge in [-0.3, -0.25) is 4.79 Å². The van der Waals surface area contributed by atoms with Crippen molar-refractivity contribution in [1.82, 2.24) is 14.9 Å². The maximum Gasteiger partial charge on any atom is 0.407 e. The fourth-order valence-corrected chi connectivity index (χ4v) is 8.64. The molecule has 50 heavy (non-hydrogen) atoms. The second-order valence-corrected chi connectivity index (χ2v) is 16.5. The van der Waals surface area contributed by atoms with Crippen LogP contribution in [0.5, 0.6) is 0 Å². The number of nitrogens with one attached hydrogen (secondary N) is 3. The van der Waals surface area contributed by atoms with Gasteiger partial charge in [0.05, 0.1) is 41.7 Å². The molecule has 2 fully saturated rings. The quantitative estimate of drug-likeness (QED) is 0.197. The summed E-state index contributed by atoms with van der Waals surface area (Å²) in [5, 5.41) is 20.7. The Morgan fingerprint density at radius 1 is 1.06 bits per heavy atom. The Morgan fingerprint density at radius 3 is 2.46 bits per heavy atom. The lowest BCUT2D eigenvalue weighted by molar-refractivity contribution is -0.110. The molecule has 5 rings (SSSR count). The number of ether oxygens (including phenoxy) is 3. The second-order valence-electron chi connectivity index (χ2n) is 14.6. The minimum Gasteiger partial charge on any atom is -0.443 e. The Labute approximate surface area is 296 Å². The molecular formula is C37H52N4O8S. The molecule has 0 aliphatic carbocycles. The van der Waals surface area contributed by atoms with Gasteiger partial charge in [-0.05, 0) is 54.4 Å². The third-order valence-electron chi connectivity index (χ3n) is 9.54. The first kappa shape index (κ1) is 37.8. The Hall–Kier alpha value is -3.49. The first-order valence-electron chi connectivity index (χ1n) is 17.6. The summed E-state index contributed by atoms with van der Waals surface area (Å²) in [6, 6.07) is 13.2. The van der Waals surface area contributed by atoms with Gasteiger partial charge in [0.15, 0.2) is 6.29 Å². The Morgan fingerprint density at radius 2 is 1.78 bits per heavy atom. The van der Waals surface area contributed by atoms with E-state index in [1.54, 1.807) is 12.3 Å². The number of hydrogen-bond acceptors (Lipinski definition) is 9. The fourth-order valence-electron chi connectivity index (χ4n) is 6.99. The van der Waals surface area contributed by atoms with Gasteiger partial charge in [0.2, 0.25) is 10.0 Å². The number of alkyl carbamates (subject to hydrolysis) is 1. The number of aliphatic hydroxyl groups is 1. The van der Waals surface area contributed by atoms with Crippen molar-refractivity contribution in [3.05, 3.63) is 65.9 Å². The Bertz CT molecular complexity index is 1620. The number of carbonyl (C=O) groups is 2. The summed E-state index contributed by atoms with van der Waals surface area (Å²) in [4.78, 5) is 26.2. The highest BCUT2D eigenvalue weighted by atomic mass is 32.2. The van der Waals surface area contributed by atoms with Gasteiger partial charge in [0.25, 0.3) is 5.91 Å². The van der Waals surface area contributed by atoms with Crippen LogP contribution in [0.4, 0.5) is 10.5 Å². The molecule has 12 nitrogen and oxygen atoms in total. The van der Waals surface area contributed by atoms with E-state index in [9.17, 15) is 23.1 Å². The number of benzene rings is 2. The van der Waals surface area contributed by atoms with E-state index in [0.717, 1.165) is 12.0 Å². The second kappa shape index (κ2) is 16.2. The number of nitrogens with zero attached hydrogens (tertiary/aromatic N) is 1. The van der Waals surface area contributed by atoms with Crippen LogP contribution in [0.25, 0.3) is 5.57 Å². The maximum absolute atomic E-state index is 14.3. The Kier molecular flexibility index (Phi) is 12.3. The highest BCUT2D eigenvalue weighted by Crippen LogP contribution is 2.35. The number of carbonyl (C=O) groups excluding carboxylic acids is 2. The van der Waals surface area contributed by atoms with E-state index in [1.165, 1.54) is 16.4 Å². The van der Waals surface area contributed by atoms with E-state index in [0.29, 0.717) is 35.3 Å². The zero-order chi connectivity index (χ0) is 36.2. The number of amides is 2. The summed E-state index contributed by atoms with van der Waals surface area (Å²) in [5.41, 5.74) is 2.21. The standard InChI is InChI=1S/C37H52N4O8S/c1-22(2)19-41(50(45,46)26-12-13-30-28(17-26)29(35(43)39-30)18-38-34(23(3)4)24(5)6)20-32(42)31(16-25-10-8-7-9-11-25)40-37(44)49-33-21-48-36-27(33)14-15-47-36/h7-13,17-18,22-24,27,31-34,36,38,42H,14-16,19-21H2,1-6H3,(H,39,43)(H,40,44)/b29-18+. The summed E-state index contributed by atoms with van der Waals surface area (Å²) in [7, 11) is -4.16. The van der Waals surface area contributed by atoms with Crippen molar-refractivity contribution >= 4 is 33.3 Å². The van der Waals surface area contributed by atoms with E-state index in [2.05, 4.69) is 43.6 Å². The van der Waals surface area contributed by atoms with Crippen LogP contribution in [0.1, 0.15) is 59.1 Å². The molecule has 3 aliphatic heterocycles. The zero-order valence-electron chi connectivity index (χ0n) is 29.8. The molecule has 2 saturated heterocycles. The summed E-state index contributed by atoms with van der Waals surface area (Å²) < 4.78 is 46.8. The number of rotatable bonds is 15. The van der Waals surface area contributed by atoms with Crippen LogP contribution in [0, 0.1) is 23.7 Å². The van der Waals surface area contributed by atoms with E-state index >= 15 is 0 Å². The van der Waals surface area contributed by atoms with Gasteiger partial charge < -0.3 is 35.3 Å². The normalized spacial score (nSPS) is 22.4. The average Bonchev–Trinajstić information content (AvgIpc) is 3.76. The van der Waals surface area contributed by atoms with Crippen LogP contribution < -0.4 is 16.0 Å². The number of fused-ring (bicyclic) bond motifs is 2. The molecule has 3 heterocycles. The van der Waals surface area contributed by atoms with Gasteiger partial charge in [-0.2, -0.15) is 4.31 Å². The third-order valence-corrected chi connectivity index (χ3v) is 11.4. The van der Waals surface area contributed by atoms with Gasteiger partial charge >= 0.3 is 6.09 Å². The molecule has 2 amide bonds. The molecule has 2 aromatic carbocycles. The van der Waals surface area contributed by atoms with Crippen molar-refractivity contribution in [3.63, 3.8) is 0 Å². The predicted octanol–water partition coefficient (Wildman–Crippen LogP) is 4.36. The summed E-state index contributed by atoms with van der Waals surface area (Å²) in [6.07, 6.45) is -0.241. The first-order chi connectivity index (χ1) is 23.7. The van der Waals surface area contributed by atoms with Crippen molar-refractivity contribution in [2.75, 3.05) is 31.6 Å². The molecule has 0 radical (unpaired) electrons. The van der Waals surface area contributed by atoms with Crippen LogP contribution in [0.15, 0.2) is 59.6 Å². The van der Waals surface area contributed by atoms with Crippen LogP contribution in [-0.2, 0) is 35.4 Å². The minimum atomic E-state index is -4.16. The molecular weight excluding hydrogens is 660 g/mol. The van der Waals surface area contributed by atoms with E-state index in [-0.39, 0.29) is 61.1 Å². The van der Waals surface area contributed by atoms with Crippen molar-refractivity contribution in [3.8, 4) is 0 Å². The average molecular weight is 713 g/mol. The van der Waals surface area contributed by atoms with Crippen LogP contribution in [-0.4, -0.2) is 86.7 Å². The predicted molar refractivity (Wildman–Crippen MR) is 190 cm³/mol. The molecule has 274 valence electrons. The molecule has 13 heteroatoms. The van der Waals surface area contributed by atoms with Gasteiger partial charge in [-0.15, -0.1) is 0 Å². The number of sulfonamides is 1. The summed E-state index contributed by atoms with van der Waals surface area (Å²) >= 11 is 0. The third kappa shape index (κ3) is 8.86. The molecule has 5 unspecified atom stereocenters. The largest absolute Gasteiger partial charge is 0.443 e. The Balaban J connectivity index is 1.37. The molecule has 3 aliphatic rings. The van der Waals surface area contributed by atoms with Gasteiger partial charge in [-0.1, -0.05) is 71.9 Å². The highest BCUT2D eigenvalue weighted by Gasteiger charge is 2.44. The van der Waals surface area contributed by atoms with E-state index < -0.39 is 34.4 Å². The molecule has 0 aromatic heterocycles. The van der Waals surface area contributed by atoms with Crippen molar-refractivity contribution in [2.24, 2.45) is 23.7 Å². The van der Waals surface area contributed by atoms with Crippen LogP contribution in [0.2, 0.25) is 0 Å². The lowest BCUT2D eigenvalue weighted by atomic mass is 9.93. The number of hydrogen-bond donors (Lipinski definition) is 4. The van der Waals surface area contributed by atoms with Crippen molar-refractivity contribution < 1.29 is 37.3 Å². The lowest BCUT2D eigenvalue weighted by Gasteiger charge is -2.31. The van der Waals surface area contributed by atoms with Gasteiger partial charge in [-0.25, -0.2) is 13.2 Å². The number of aliphatic hydroxyl groups excluding tert-OH is 1. The smallest absolute Gasteiger partial charge is 0.407 e. The van der Waals surface area contributed by atoms with Crippen LogP contribution >= 0.6 is 0 Å². The minimum absolute atomic E-state index is 0.00248. The summed E-state index contributed by atoms with van der Waals surface area (Å²) in [5.74, 6) is 0.177. The van der Waals surface area contributed by atoms with Gasteiger partial charge in [0.1, 0.15) is 6.10 Å². The lowest BCUT2D eigenvalue weighted by Crippen LogP contribution is -2.51. The molecule has 2 aromatic rings. The molecule has 0 bridgehead atoms. The zero-order valence-corrected chi connectivity index (χ0v) is 30.6. The number of anilines is 1. The van der Waals surface area contributed by atoms with E-state index in [4.69, 9.17) is 14.2 Å². The van der Waals surface area contributed by atoms with E-state index in [1.807, 2.05) is 44.2 Å². The summed E-state index contributed by atoms with van der Waals surface area (Å²) in [6.45, 7) is 12.8. The molecule has 5 atom stereocenters. The topological polar surface area (TPSA) is 156 Å². The van der Waals surface area contributed by atoms with Crippen molar-refractivity contribution in [2.45, 2.75) is 89.9 Å². The monoisotopic (exact) mass is 712 g/mol. The van der Waals surface area contributed by atoms with Crippen LogP contribution in [0.3, 0.4) is 0 Å². The highest BCUT2D eigenvalue weighted by molar-refractivity contribution is 7.89. The SMILES string of the molecule is CC(C)CN(CC(O)C(Cc1ccccc1)NC(=O)OC1COC2OCCC12)S(=O)(=O)c1ccc2c(c1)/C(=C\NC(C(C)C)C(C)C)C(=O)N2. The fraction of sp³-hybridized carbons (Fsp3) is 0.568. The molecule has 4 N–H and O–H groups in total. The first-order valence-corrected chi connectivity index (χ1v) is 19.0. The van der Waals surface area contributed by atoms with Gasteiger partial charge in [0, 0.05) is 36.6 Å². The van der Waals surface area contributed by atoms with Crippen molar-refractivity contribution in [1.29, 1.82) is 0 Å². The molecule has 0 spiro atoms. The maximum atomic E-state index is 14.3.